The molecule has 1 aromatic rings. The molecule has 0 aromatic carbocycles. The summed E-state index contributed by atoms with van der Waals surface area (Å²) in [5.41, 5.74) is 0.397. The molecule has 0 aliphatic carbocycles. The fourth-order valence-corrected chi connectivity index (χ4v) is 5.88. The number of rotatable bonds is 5. The Morgan fingerprint density at radius 2 is 2.19 bits per heavy atom. The van der Waals surface area contributed by atoms with Gasteiger partial charge in [0.1, 0.15) is 11.1 Å². The van der Waals surface area contributed by atoms with Crippen LogP contribution in [-0.2, 0) is 9.59 Å². The molecule has 3 aliphatic heterocycles. The Labute approximate surface area is 161 Å². The summed E-state index contributed by atoms with van der Waals surface area (Å²) in [6.07, 6.45) is 4.13. The summed E-state index contributed by atoms with van der Waals surface area (Å²) < 4.78 is 0. The van der Waals surface area contributed by atoms with Gasteiger partial charge in [0.05, 0.1) is 12.0 Å². The Morgan fingerprint density at radius 3 is 2.85 bits per heavy atom. The first kappa shape index (κ1) is 17.8. The van der Waals surface area contributed by atoms with Crippen molar-refractivity contribution in [1.82, 2.24) is 14.9 Å². The molecule has 2 saturated heterocycles. The zero-order valence-corrected chi connectivity index (χ0v) is 16.0. The third-order valence-corrected chi connectivity index (χ3v) is 6.97. The molecule has 1 unspecified atom stereocenters. The maximum atomic E-state index is 12.5. The van der Waals surface area contributed by atoms with E-state index in [9.17, 15) is 14.7 Å². The molecule has 0 spiro atoms. The minimum Gasteiger partial charge on any atom is -0.392 e. The number of thiol groups is 1. The summed E-state index contributed by atoms with van der Waals surface area (Å²) in [6, 6.07) is 1.78. The third kappa shape index (κ3) is 2.73. The lowest BCUT2D eigenvalue weighted by Crippen LogP contribution is -2.61. The predicted octanol–water partition coefficient (Wildman–Crippen LogP) is 1.27. The van der Waals surface area contributed by atoms with Crippen molar-refractivity contribution in [3.8, 4) is 0 Å². The van der Waals surface area contributed by atoms with E-state index < -0.39 is 12.0 Å². The molecule has 4 atom stereocenters. The van der Waals surface area contributed by atoms with Crippen LogP contribution < -0.4 is 4.90 Å². The lowest BCUT2D eigenvalue weighted by atomic mass is 9.89. The number of carbonyl (C=O) groups excluding carboxylic acids is 2. The molecule has 3 aliphatic rings. The summed E-state index contributed by atoms with van der Waals surface area (Å²) in [4.78, 5) is 37.8. The highest BCUT2D eigenvalue weighted by atomic mass is 32.2. The predicted molar refractivity (Wildman–Crippen MR) is 101 cm³/mol. The minimum atomic E-state index is -0.676. The van der Waals surface area contributed by atoms with Crippen molar-refractivity contribution in [3.63, 3.8) is 0 Å². The number of nitrogens with zero attached hydrogens (tertiary/aromatic N) is 4. The van der Waals surface area contributed by atoms with Gasteiger partial charge in [0.2, 0.25) is 17.0 Å². The molecule has 26 heavy (non-hydrogen) atoms. The van der Waals surface area contributed by atoms with Crippen LogP contribution in [0.25, 0.3) is 0 Å². The van der Waals surface area contributed by atoms with E-state index in [-0.39, 0.29) is 22.3 Å². The van der Waals surface area contributed by atoms with Crippen LogP contribution in [0.5, 0.6) is 0 Å². The molecule has 7 nitrogen and oxygen atoms in total. The van der Waals surface area contributed by atoms with Crippen molar-refractivity contribution < 1.29 is 14.7 Å². The Kier molecular flexibility index (Phi) is 4.70. The van der Waals surface area contributed by atoms with E-state index >= 15 is 0 Å². The van der Waals surface area contributed by atoms with Crippen molar-refractivity contribution in [2.24, 2.45) is 11.8 Å². The lowest BCUT2D eigenvalue weighted by Gasteiger charge is -2.44. The highest BCUT2D eigenvalue weighted by molar-refractivity contribution is 8.04. The van der Waals surface area contributed by atoms with Crippen molar-refractivity contribution in [3.05, 3.63) is 29.1 Å². The molecule has 9 heteroatoms. The zero-order valence-electron chi connectivity index (χ0n) is 14.3. The molecule has 0 radical (unpaired) electrons. The van der Waals surface area contributed by atoms with Crippen LogP contribution in [0, 0.1) is 11.8 Å². The summed E-state index contributed by atoms with van der Waals surface area (Å²) in [6.45, 7) is 3.35. The van der Waals surface area contributed by atoms with Crippen LogP contribution in [0.3, 0.4) is 0 Å². The van der Waals surface area contributed by atoms with Crippen LogP contribution in [0.2, 0.25) is 0 Å². The first-order chi connectivity index (χ1) is 12.5. The number of anilines is 1. The number of fused-ring (bicyclic) bond motifs is 1. The van der Waals surface area contributed by atoms with Crippen molar-refractivity contribution >= 4 is 41.4 Å². The van der Waals surface area contributed by atoms with Gasteiger partial charge >= 0.3 is 0 Å². The topological polar surface area (TPSA) is 86.6 Å². The fourth-order valence-electron chi connectivity index (χ4n) is 3.87. The number of aromatic nitrogens is 2. The van der Waals surface area contributed by atoms with Gasteiger partial charge in [0.25, 0.3) is 0 Å². The highest BCUT2D eigenvalue weighted by Gasteiger charge is 2.58. The van der Waals surface area contributed by atoms with Crippen LogP contribution in [-0.4, -0.2) is 55.6 Å². The maximum Gasteiger partial charge on any atom is 0.236 e. The number of amides is 1. The Morgan fingerprint density at radius 1 is 1.46 bits per heavy atom. The highest BCUT2D eigenvalue weighted by Crippen LogP contribution is 2.54. The molecule has 1 N–H and O–H groups in total. The van der Waals surface area contributed by atoms with Gasteiger partial charge in [-0.25, -0.2) is 9.97 Å². The summed E-state index contributed by atoms with van der Waals surface area (Å²) in [5, 5.41) is 9.57. The molecular formula is C17H20N4O3S2. The number of β-lactam (4-membered cyclic amide) rings is 1. The monoisotopic (exact) mass is 392 g/mol. The molecule has 1 aromatic heterocycles. The van der Waals surface area contributed by atoms with Gasteiger partial charge < -0.3 is 10.0 Å². The first-order valence-corrected chi connectivity index (χ1v) is 10.0. The van der Waals surface area contributed by atoms with Crippen LogP contribution >= 0.6 is 24.4 Å². The second-order valence-electron chi connectivity index (χ2n) is 6.72. The molecule has 4 heterocycles. The van der Waals surface area contributed by atoms with E-state index in [1.807, 2.05) is 6.92 Å². The third-order valence-electron chi connectivity index (χ3n) is 5.24. The normalized spacial score (nSPS) is 29.0. The number of aliphatic hydroxyl groups is 1. The maximum absolute atomic E-state index is 12.5. The summed E-state index contributed by atoms with van der Waals surface area (Å²) >= 11 is 5.55. The van der Waals surface area contributed by atoms with E-state index in [4.69, 9.17) is 0 Å². The van der Waals surface area contributed by atoms with Gasteiger partial charge in [0.15, 0.2) is 0 Å². The van der Waals surface area contributed by atoms with Gasteiger partial charge in [-0.2, -0.15) is 0 Å². The SMILES string of the molecule is CC[C@H](O)[C@@H]1C(=O)N2C(C(=O)S)=C(C3CCN(c4ncccn4)C3)S[C@H]12. The molecule has 0 bridgehead atoms. The minimum absolute atomic E-state index is 0.132. The van der Waals surface area contributed by atoms with Crippen LogP contribution in [0.1, 0.15) is 19.8 Å². The van der Waals surface area contributed by atoms with E-state index in [2.05, 4.69) is 27.5 Å². The fraction of sp³-hybridized carbons (Fsp3) is 0.529. The average Bonchev–Trinajstić information content (AvgIpc) is 3.25. The molecule has 138 valence electrons. The van der Waals surface area contributed by atoms with Crippen molar-refractivity contribution in [2.45, 2.75) is 31.2 Å². The van der Waals surface area contributed by atoms with Gasteiger partial charge in [-0.05, 0) is 18.9 Å². The Bertz CT molecular complexity index is 773. The number of hydrogen-bond acceptors (Lipinski definition) is 7. The number of hydrogen-bond donors (Lipinski definition) is 2. The van der Waals surface area contributed by atoms with Gasteiger partial charge in [-0.1, -0.05) is 19.6 Å². The first-order valence-electron chi connectivity index (χ1n) is 8.70. The second-order valence-corrected chi connectivity index (χ2v) is 8.28. The molecule has 0 saturated carbocycles. The Balaban J connectivity index is 1.57. The average molecular weight is 393 g/mol. The van der Waals surface area contributed by atoms with Gasteiger partial charge in [-0.15, -0.1) is 11.8 Å². The lowest BCUT2D eigenvalue weighted by molar-refractivity contribution is -0.154. The molecule has 4 rings (SSSR count). The quantitative estimate of drug-likeness (QED) is 0.576. The van der Waals surface area contributed by atoms with Crippen molar-refractivity contribution in [2.75, 3.05) is 18.0 Å². The van der Waals surface area contributed by atoms with E-state index in [1.54, 1.807) is 18.5 Å². The molecular weight excluding hydrogens is 372 g/mol. The zero-order chi connectivity index (χ0) is 18.4. The number of aliphatic hydroxyl groups excluding tert-OH is 1. The Hall–Kier alpha value is -1.58. The van der Waals surface area contributed by atoms with Gasteiger partial charge in [0, 0.05) is 36.3 Å². The summed E-state index contributed by atoms with van der Waals surface area (Å²) in [5.74, 6) is 0.189. The van der Waals surface area contributed by atoms with E-state index in [0.717, 1.165) is 17.9 Å². The largest absolute Gasteiger partial charge is 0.392 e. The van der Waals surface area contributed by atoms with Gasteiger partial charge in [-0.3, -0.25) is 14.5 Å². The van der Waals surface area contributed by atoms with Crippen LogP contribution in [0.4, 0.5) is 5.95 Å². The molecule has 2 fully saturated rings. The molecule has 1 amide bonds. The van der Waals surface area contributed by atoms with E-state index in [0.29, 0.717) is 24.6 Å². The second kappa shape index (κ2) is 6.86. The smallest absolute Gasteiger partial charge is 0.236 e. The van der Waals surface area contributed by atoms with Crippen LogP contribution in [0.15, 0.2) is 29.1 Å². The standard InChI is InChI=1S/C17H20N4O3S2/c1-2-10(22)11-14(23)21-12(16(24)25)13(26-15(11)21)9-4-7-20(8-9)17-18-5-3-6-19-17/h3,5-6,9-11,15,22H,2,4,7-8H2,1H3,(H,24,25)/t9?,10-,11+,15+/m0/s1. The number of thioether (sulfide) groups is 1. The van der Waals surface area contributed by atoms with Crippen molar-refractivity contribution in [1.29, 1.82) is 0 Å². The summed E-state index contributed by atoms with van der Waals surface area (Å²) in [7, 11) is 0. The van der Waals surface area contributed by atoms with E-state index in [1.165, 1.54) is 16.7 Å². The number of carbonyl (C=O) groups is 2.